The third kappa shape index (κ3) is 3.42. The van der Waals surface area contributed by atoms with Crippen LogP contribution in [0.15, 0.2) is 24.3 Å². The Hall–Kier alpha value is -0.350. The zero-order chi connectivity index (χ0) is 10.1. The van der Waals surface area contributed by atoms with Gasteiger partial charge in [0, 0.05) is 35.1 Å². The van der Waals surface area contributed by atoms with Crippen molar-refractivity contribution < 1.29 is 15.0 Å². The van der Waals surface area contributed by atoms with Crippen molar-refractivity contribution in [3.8, 4) is 5.75 Å². The molecule has 0 saturated heterocycles. The molecule has 0 aliphatic carbocycles. The molecule has 0 unspecified atom stereocenters. The van der Waals surface area contributed by atoms with Crippen molar-refractivity contribution in [1.82, 2.24) is 0 Å². The fraction of sp³-hybridized carbons (Fsp3) is 0.300. The van der Waals surface area contributed by atoms with E-state index in [0.29, 0.717) is 5.56 Å². The maximum atomic E-state index is 11.4. The molecule has 0 fully saturated rings. The van der Waals surface area contributed by atoms with E-state index < -0.39 is 5.60 Å². The zero-order valence-electron chi connectivity index (χ0n) is 8.61. The van der Waals surface area contributed by atoms with E-state index in [1.165, 1.54) is 38.1 Å². The number of phenolic OH excluding ortho intramolecular Hbond substituents is 1. The van der Waals surface area contributed by atoms with Gasteiger partial charge in [0.25, 0.3) is 0 Å². The van der Waals surface area contributed by atoms with E-state index in [1.54, 1.807) is 0 Å². The Morgan fingerprint density at radius 2 is 1.64 bits per heavy atom. The molecule has 0 saturated carbocycles. The molecule has 0 aliphatic rings. The van der Waals surface area contributed by atoms with Gasteiger partial charge in [-0.1, -0.05) is 0 Å². The molecule has 1 rings (SSSR count). The minimum atomic E-state index is -1.36. The molecule has 14 heavy (non-hydrogen) atoms. The Morgan fingerprint density at radius 1 is 1.21 bits per heavy atom. The van der Waals surface area contributed by atoms with Gasteiger partial charge in [0.2, 0.25) is 0 Å². The zero-order valence-corrected chi connectivity index (χ0v) is 10.6. The number of phenols is 1. The Labute approximate surface area is 105 Å². The van der Waals surface area contributed by atoms with Crippen LogP contribution >= 0.6 is 0 Å². The Balaban J connectivity index is 0.00000169. The van der Waals surface area contributed by atoms with E-state index in [4.69, 9.17) is 5.11 Å². The number of ketones is 1. The quantitative estimate of drug-likeness (QED) is 0.556. The average Bonchev–Trinajstić information content (AvgIpc) is 2.03. The molecule has 0 bridgehead atoms. The van der Waals surface area contributed by atoms with Crippen molar-refractivity contribution >= 4 is 35.3 Å². The SMILES string of the molecule is CC(C)(O)C(=O)c1ccc(O)cc1.[Na]. The minimum absolute atomic E-state index is 0. The van der Waals surface area contributed by atoms with Gasteiger partial charge in [-0.2, -0.15) is 0 Å². The molecule has 0 aliphatic heterocycles. The van der Waals surface area contributed by atoms with Gasteiger partial charge in [-0.05, 0) is 38.1 Å². The maximum Gasteiger partial charge on any atom is 0.193 e. The van der Waals surface area contributed by atoms with Gasteiger partial charge < -0.3 is 10.2 Å². The number of carbonyl (C=O) groups is 1. The first-order valence-electron chi connectivity index (χ1n) is 3.97. The topological polar surface area (TPSA) is 57.5 Å². The second kappa shape index (κ2) is 4.94. The average molecular weight is 203 g/mol. The monoisotopic (exact) mass is 203 g/mol. The van der Waals surface area contributed by atoms with Crippen LogP contribution in [0.25, 0.3) is 0 Å². The van der Waals surface area contributed by atoms with Crippen molar-refractivity contribution in [3.05, 3.63) is 29.8 Å². The number of hydrogen-bond donors (Lipinski definition) is 2. The second-order valence-electron chi connectivity index (χ2n) is 3.44. The molecule has 4 heteroatoms. The third-order valence-corrected chi connectivity index (χ3v) is 1.69. The first-order valence-corrected chi connectivity index (χ1v) is 3.97. The van der Waals surface area contributed by atoms with Gasteiger partial charge in [-0.15, -0.1) is 0 Å². The summed E-state index contributed by atoms with van der Waals surface area (Å²) in [6.07, 6.45) is 0. The van der Waals surface area contributed by atoms with E-state index in [9.17, 15) is 9.90 Å². The van der Waals surface area contributed by atoms with Gasteiger partial charge in [0.05, 0.1) is 0 Å². The molecule has 71 valence electrons. The van der Waals surface area contributed by atoms with Crippen molar-refractivity contribution in [1.29, 1.82) is 0 Å². The van der Waals surface area contributed by atoms with E-state index in [2.05, 4.69) is 0 Å². The van der Waals surface area contributed by atoms with Crippen molar-refractivity contribution in [2.75, 3.05) is 0 Å². The van der Waals surface area contributed by atoms with Crippen LogP contribution in [-0.4, -0.2) is 51.2 Å². The summed E-state index contributed by atoms with van der Waals surface area (Å²) in [4.78, 5) is 11.4. The van der Waals surface area contributed by atoms with Crippen LogP contribution in [0.4, 0.5) is 0 Å². The van der Waals surface area contributed by atoms with Crippen molar-refractivity contribution in [2.24, 2.45) is 0 Å². The fourth-order valence-corrected chi connectivity index (χ4v) is 0.966. The van der Waals surface area contributed by atoms with Crippen LogP contribution in [0.1, 0.15) is 24.2 Å². The Morgan fingerprint density at radius 3 is 2.00 bits per heavy atom. The van der Waals surface area contributed by atoms with Crippen molar-refractivity contribution in [2.45, 2.75) is 19.4 Å². The first kappa shape index (κ1) is 13.7. The normalized spacial score (nSPS) is 10.5. The molecule has 1 aromatic rings. The summed E-state index contributed by atoms with van der Waals surface area (Å²) < 4.78 is 0. The number of rotatable bonds is 2. The predicted molar refractivity (Wildman–Crippen MR) is 54.5 cm³/mol. The van der Waals surface area contributed by atoms with Crippen LogP contribution in [0.5, 0.6) is 5.75 Å². The molecule has 1 radical (unpaired) electrons. The number of carbonyl (C=O) groups excluding carboxylic acids is 1. The van der Waals surface area contributed by atoms with E-state index in [0.717, 1.165) is 0 Å². The molecule has 0 spiro atoms. The molecular weight excluding hydrogens is 191 g/mol. The molecule has 1 aromatic carbocycles. The number of Topliss-reactive ketones (excluding diaryl/α,β-unsaturated/α-hetero) is 1. The molecule has 3 nitrogen and oxygen atoms in total. The number of hydrogen-bond acceptors (Lipinski definition) is 3. The van der Waals surface area contributed by atoms with Crippen LogP contribution < -0.4 is 0 Å². The Kier molecular flexibility index (Phi) is 4.81. The van der Waals surface area contributed by atoms with Crippen molar-refractivity contribution in [3.63, 3.8) is 0 Å². The minimum Gasteiger partial charge on any atom is -0.508 e. The van der Waals surface area contributed by atoms with Crippen LogP contribution in [0.2, 0.25) is 0 Å². The number of aromatic hydroxyl groups is 1. The summed E-state index contributed by atoms with van der Waals surface area (Å²) >= 11 is 0. The standard InChI is InChI=1S/C10H12O3.Na/c1-10(2,13)9(12)7-3-5-8(11)6-4-7;/h3-6,11,13H,1-2H3;. The van der Waals surface area contributed by atoms with Crippen LogP contribution in [-0.2, 0) is 0 Å². The van der Waals surface area contributed by atoms with E-state index in [1.807, 2.05) is 0 Å². The number of benzene rings is 1. The van der Waals surface area contributed by atoms with E-state index >= 15 is 0 Å². The van der Waals surface area contributed by atoms with Crippen LogP contribution in [0, 0.1) is 0 Å². The Bertz CT molecular complexity index is 311. The van der Waals surface area contributed by atoms with Gasteiger partial charge in [0.1, 0.15) is 11.4 Å². The van der Waals surface area contributed by atoms with Gasteiger partial charge in [-0.25, -0.2) is 0 Å². The summed E-state index contributed by atoms with van der Waals surface area (Å²) in [5.41, 5.74) is -0.970. The summed E-state index contributed by atoms with van der Waals surface area (Å²) in [5.74, 6) is -0.250. The molecule has 0 aromatic heterocycles. The second-order valence-corrected chi connectivity index (χ2v) is 3.44. The predicted octanol–water partition coefficient (Wildman–Crippen LogP) is 0.965. The maximum absolute atomic E-state index is 11.4. The van der Waals surface area contributed by atoms with E-state index in [-0.39, 0.29) is 41.1 Å². The molecular formula is C10H12NaO3. The summed E-state index contributed by atoms with van der Waals surface area (Å²) in [5, 5.41) is 18.4. The van der Waals surface area contributed by atoms with Gasteiger partial charge in [-0.3, -0.25) is 4.79 Å². The molecule has 0 atom stereocenters. The first-order chi connectivity index (χ1) is 5.91. The smallest absolute Gasteiger partial charge is 0.193 e. The third-order valence-electron chi connectivity index (χ3n) is 1.69. The summed E-state index contributed by atoms with van der Waals surface area (Å²) in [7, 11) is 0. The molecule has 2 N–H and O–H groups in total. The van der Waals surface area contributed by atoms with Gasteiger partial charge >= 0.3 is 0 Å². The summed E-state index contributed by atoms with van der Waals surface area (Å²) in [6.45, 7) is 2.87. The molecule has 0 heterocycles. The van der Waals surface area contributed by atoms with Crippen LogP contribution in [0.3, 0.4) is 0 Å². The molecule has 0 amide bonds. The van der Waals surface area contributed by atoms with Gasteiger partial charge in [0.15, 0.2) is 5.78 Å². The summed E-state index contributed by atoms with van der Waals surface area (Å²) in [6, 6.07) is 5.79. The largest absolute Gasteiger partial charge is 0.508 e. The number of aliphatic hydroxyl groups is 1. The fourth-order valence-electron chi connectivity index (χ4n) is 0.966.